The van der Waals surface area contributed by atoms with Crippen molar-refractivity contribution in [3.8, 4) is 0 Å². The molecule has 0 aromatic heterocycles. The normalized spacial score (nSPS) is 26.2. The maximum Gasteiger partial charge on any atom is 0.224 e. The molecule has 16 heavy (non-hydrogen) atoms. The van der Waals surface area contributed by atoms with Crippen molar-refractivity contribution in [1.29, 1.82) is 0 Å². The largest absolute Gasteiger partial charge is 0.396 e. The minimum Gasteiger partial charge on any atom is -0.396 e. The first-order chi connectivity index (χ1) is 7.54. The smallest absolute Gasteiger partial charge is 0.224 e. The standard InChI is InChI=1S/C11H20FNO3/c1-8(2)16-10-3-5-13(7-9(10)12)11(15)4-6-14/h8-10,14H,3-7H2,1-2H3/t9-,10+/m1/s1. The van der Waals surface area contributed by atoms with E-state index in [4.69, 9.17) is 9.84 Å². The summed E-state index contributed by atoms with van der Waals surface area (Å²) < 4.78 is 19.1. The first-order valence-corrected chi connectivity index (χ1v) is 5.72. The number of halogens is 1. The van der Waals surface area contributed by atoms with Gasteiger partial charge in [0.05, 0.1) is 25.4 Å². The van der Waals surface area contributed by atoms with Crippen molar-refractivity contribution in [2.24, 2.45) is 0 Å². The van der Waals surface area contributed by atoms with E-state index in [1.165, 1.54) is 4.90 Å². The average Bonchev–Trinajstić information content (AvgIpc) is 2.20. The summed E-state index contributed by atoms with van der Waals surface area (Å²) in [5.74, 6) is -0.187. The SMILES string of the molecule is CC(C)O[C@H]1CCN(C(=O)CCO)C[C@H]1F. The lowest BCUT2D eigenvalue weighted by Crippen LogP contribution is -2.48. The Bertz CT molecular complexity index is 235. The lowest BCUT2D eigenvalue weighted by molar-refractivity contribution is -0.139. The lowest BCUT2D eigenvalue weighted by atomic mass is 10.1. The van der Waals surface area contributed by atoms with E-state index in [-0.39, 0.29) is 31.6 Å². The highest BCUT2D eigenvalue weighted by atomic mass is 19.1. The van der Waals surface area contributed by atoms with E-state index in [1.807, 2.05) is 13.8 Å². The topological polar surface area (TPSA) is 49.8 Å². The molecule has 5 heteroatoms. The summed E-state index contributed by atoms with van der Waals surface area (Å²) >= 11 is 0. The van der Waals surface area contributed by atoms with Crippen LogP contribution in [0.4, 0.5) is 4.39 Å². The van der Waals surface area contributed by atoms with Gasteiger partial charge in [0.15, 0.2) is 0 Å². The van der Waals surface area contributed by atoms with Crippen LogP contribution in [-0.4, -0.2) is 54.0 Å². The Morgan fingerprint density at radius 3 is 2.81 bits per heavy atom. The van der Waals surface area contributed by atoms with E-state index in [9.17, 15) is 9.18 Å². The van der Waals surface area contributed by atoms with Crippen molar-refractivity contribution in [3.05, 3.63) is 0 Å². The maximum absolute atomic E-state index is 13.7. The van der Waals surface area contributed by atoms with Crippen LogP contribution in [0.3, 0.4) is 0 Å². The number of amides is 1. The van der Waals surface area contributed by atoms with Gasteiger partial charge in [0.1, 0.15) is 6.17 Å². The highest BCUT2D eigenvalue weighted by Crippen LogP contribution is 2.19. The molecular weight excluding hydrogens is 213 g/mol. The second kappa shape index (κ2) is 6.15. The molecule has 0 saturated carbocycles. The average molecular weight is 233 g/mol. The number of hydrogen-bond acceptors (Lipinski definition) is 3. The molecule has 2 atom stereocenters. The number of likely N-dealkylation sites (tertiary alicyclic amines) is 1. The molecule has 1 amide bonds. The van der Waals surface area contributed by atoms with Gasteiger partial charge in [-0.2, -0.15) is 0 Å². The molecule has 0 bridgehead atoms. The van der Waals surface area contributed by atoms with Gasteiger partial charge in [0, 0.05) is 13.0 Å². The van der Waals surface area contributed by atoms with Gasteiger partial charge in [0.2, 0.25) is 5.91 Å². The van der Waals surface area contributed by atoms with Crippen LogP contribution in [-0.2, 0) is 9.53 Å². The first-order valence-electron chi connectivity index (χ1n) is 5.72. The molecule has 1 heterocycles. The number of rotatable bonds is 4. The summed E-state index contributed by atoms with van der Waals surface area (Å²) in [4.78, 5) is 12.9. The number of piperidine rings is 1. The maximum atomic E-state index is 13.7. The van der Waals surface area contributed by atoms with E-state index in [2.05, 4.69) is 0 Å². The number of carbonyl (C=O) groups is 1. The number of aliphatic hydroxyl groups excluding tert-OH is 1. The third kappa shape index (κ3) is 3.72. The second-order valence-corrected chi connectivity index (χ2v) is 4.34. The number of hydrogen-bond donors (Lipinski definition) is 1. The van der Waals surface area contributed by atoms with Gasteiger partial charge in [-0.1, -0.05) is 0 Å². The van der Waals surface area contributed by atoms with Crippen molar-refractivity contribution < 1.29 is 19.0 Å². The van der Waals surface area contributed by atoms with Gasteiger partial charge in [-0.05, 0) is 20.3 Å². The van der Waals surface area contributed by atoms with Crippen molar-refractivity contribution in [2.45, 2.75) is 45.1 Å². The molecule has 0 aliphatic carbocycles. The molecule has 0 aromatic carbocycles. The quantitative estimate of drug-likeness (QED) is 0.779. The van der Waals surface area contributed by atoms with Gasteiger partial charge >= 0.3 is 0 Å². The fraction of sp³-hybridized carbons (Fsp3) is 0.909. The Labute approximate surface area is 95.4 Å². The molecule has 0 aromatic rings. The van der Waals surface area contributed by atoms with Crippen molar-refractivity contribution in [1.82, 2.24) is 4.90 Å². The Balaban J connectivity index is 2.41. The number of carbonyl (C=O) groups excluding carboxylic acids is 1. The summed E-state index contributed by atoms with van der Waals surface area (Å²) in [5, 5.41) is 8.64. The predicted octanol–water partition coefficient (Wildman–Crippen LogP) is 0.733. The van der Waals surface area contributed by atoms with Crippen LogP contribution in [0.15, 0.2) is 0 Å². The molecule has 1 rings (SSSR count). The Hall–Kier alpha value is -0.680. The molecule has 1 saturated heterocycles. The van der Waals surface area contributed by atoms with Crippen LogP contribution in [0.25, 0.3) is 0 Å². The second-order valence-electron chi connectivity index (χ2n) is 4.34. The van der Waals surface area contributed by atoms with Gasteiger partial charge in [0.25, 0.3) is 0 Å². The highest BCUT2D eigenvalue weighted by Gasteiger charge is 2.32. The summed E-state index contributed by atoms with van der Waals surface area (Å²) in [6.45, 7) is 4.15. The summed E-state index contributed by atoms with van der Waals surface area (Å²) in [6.07, 6.45) is -0.932. The zero-order valence-electron chi connectivity index (χ0n) is 9.86. The third-order valence-corrected chi connectivity index (χ3v) is 2.61. The van der Waals surface area contributed by atoms with Crippen LogP contribution in [0.2, 0.25) is 0 Å². The van der Waals surface area contributed by atoms with E-state index < -0.39 is 12.3 Å². The molecule has 4 nitrogen and oxygen atoms in total. The fourth-order valence-electron chi connectivity index (χ4n) is 1.87. The van der Waals surface area contributed by atoms with E-state index >= 15 is 0 Å². The number of alkyl halides is 1. The monoisotopic (exact) mass is 233 g/mol. The minimum atomic E-state index is -1.13. The van der Waals surface area contributed by atoms with Gasteiger partial charge in [-0.3, -0.25) is 4.79 Å². The van der Waals surface area contributed by atoms with Crippen LogP contribution in [0.5, 0.6) is 0 Å². The predicted molar refractivity (Wildman–Crippen MR) is 57.8 cm³/mol. The molecule has 0 spiro atoms. The summed E-state index contributed by atoms with van der Waals surface area (Å²) in [6, 6.07) is 0. The molecule has 1 N–H and O–H groups in total. The van der Waals surface area contributed by atoms with Crippen molar-refractivity contribution in [2.75, 3.05) is 19.7 Å². The van der Waals surface area contributed by atoms with Crippen LogP contribution in [0.1, 0.15) is 26.7 Å². The lowest BCUT2D eigenvalue weighted by Gasteiger charge is -2.35. The van der Waals surface area contributed by atoms with Gasteiger partial charge < -0.3 is 14.7 Å². The van der Waals surface area contributed by atoms with Crippen LogP contribution >= 0.6 is 0 Å². The molecular formula is C11H20FNO3. The van der Waals surface area contributed by atoms with Crippen LogP contribution < -0.4 is 0 Å². The zero-order valence-corrected chi connectivity index (χ0v) is 9.86. The number of ether oxygens (including phenoxy) is 1. The molecule has 0 unspecified atom stereocenters. The van der Waals surface area contributed by atoms with Gasteiger partial charge in [-0.25, -0.2) is 4.39 Å². The zero-order chi connectivity index (χ0) is 12.1. The minimum absolute atomic E-state index is 0.00273. The Morgan fingerprint density at radius 1 is 1.62 bits per heavy atom. The molecule has 0 radical (unpaired) electrons. The van der Waals surface area contributed by atoms with Crippen molar-refractivity contribution in [3.63, 3.8) is 0 Å². The first kappa shape index (κ1) is 13.4. The van der Waals surface area contributed by atoms with Gasteiger partial charge in [-0.15, -0.1) is 0 Å². The summed E-state index contributed by atoms with van der Waals surface area (Å²) in [5.41, 5.74) is 0. The van der Waals surface area contributed by atoms with E-state index in [0.717, 1.165) is 0 Å². The number of nitrogens with zero attached hydrogens (tertiary/aromatic N) is 1. The van der Waals surface area contributed by atoms with E-state index in [0.29, 0.717) is 13.0 Å². The molecule has 1 fully saturated rings. The Morgan fingerprint density at radius 2 is 2.31 bits per heavy atom. The third-order valence-electron chi connectivity index (χ3n) is 2.61. The Kier molecular flexibility index (Phi) is 5.15. The molecule has 1 aliphatic rings. The fourth-order valence-corrected chi connectivity index (χ4v) is 1.87. The molecule has 94 valence electrons. The highest BCUT2D eigenvalue weighted by molar-refractivity contribution is 5.76. The van der Waals surface area contributed by atoms with Crippen molar-refractivity contribution >= 4 is 5.91 Å². The summed E-state index contributed by atoms with van der Waals surface area (Å²) in [7, 11) is 0. The number of aliphatic hydroxyl groups is 1. The van der Waals surface area contributed by atoms with Crippen LogP contribution in [0, 0.1) is 0 Å². The molecule has 1 aliphatic heterocycles. The van der Waals surface area contributed by atoms with E-state index in [1.54, 1.807) is 0 Å².